The molecule has 1 aliphatic rings. The number of benzene rings is 1. The Balaban J connectivity index is 1.74. The standard InChI is InChI=1S/C18H19F2N3O3/c1-25-17-13(18(24)26-2)4-6-16(21-17)23-9-7-22(8-10-23)15-11-12(19)3-5-14(15)20/h3-6,11H,7-10H2,1-2H3. The number of pyridine rings is 1. The molecule has 0 aliphatic carbocycles. The van der Waals surface area contributed by atoms with Gasteiger partial charge in [0.05, 0.1) is 19.9 Å². The number of hydrogen-bond acceptors (Lipinski definition) is 6. The molecule has 1 fully saturated rings. The van der Waals surface area contributed by atoms with E-state index in [0.717, 1.165) is 12.1 Å². The van der Waals surface area contributed by atoms with Gasteiger partial charge in [0, 0.05) is 32.2 Å². The SMILES string of the molecule is COC(=O)c1ccc(N2CCN(c3cc(F)ccc3F)CC2)nc1OC. The van der Waals surface area contributed by atoms with E-state index >= 15 is 0 Å². The molecule has 1 aromatic carbocycles. The first-order valence-electron chi connectivity index (χ1n) is 8.11. The second-order valence-corrected chi connectivity index (χ2v) is 5.79. The van der Waals surface area contributed by atoms with Gasteiger partial charge in [0.15, 0.2) is 0 Å². The van der Waals surface area contributed by atoms with E-state index in [9.17, 15) is 13.6 Å². The van der Waals surface area contributed by atoms with Crippen molar-refractivity contribution in [2.75, 3.05) is 50.2 Å². The van der Waals surface area contributed by atoms with E-state index in [0.29, 0.717) is 32.0 Å². The van der Waals surface area contributed by atoms with Crippen LogP contribution in [0.15, 0.2) is 30.3 Å². The van der Waals surface area contributed by atoms with Crippen LogP contribution in [0.4, 0.5) is 20.3 Å². The maximum atomic E-state index is 13.9. The van der Waals surface area contributed by atoms with Gasteiger partial charge in [0.1, 0.15) is 23.0 Å². The summed E-state index contributed by atoms with van der Waals surface area (Å²) >= 11 is 0. The van der Waals surface area contributed by atoms with Crippen LogP contribution < -0.4 is 14.5 Å². The summed E-state index contributed by atoms with van der Waals surface area (Å²) in [6, 6.07) is 6.76. The minimum absolute atomic E-state index is 0.188. The molecule has 1 aromatic heterocycles. The van der Waals surface area contributed by atoms with Crippen molar-refractivity contribution in [3.05, 3.63) is 47.5 Å². The van der Waals surface area contributed by atoms with E-state index in [-0.39, 0.29) is 17.1 Å². The zero-order chi connectivity index (χ0) is 18.7. The second-order valence-electron chi connectivity index (χ2n) is 5.79. The zero-order valence-corrected chi connectivity index (χ0v) is 14.5. The second kappa shape index (κ2) is 7.55. The Morgan fingerprint density at radius 3 is 2.38 bits per heavy atom. The molecule has 6 nitrogen and oxygen atoms in total. The number of rotatable bonds is 4. The Kier molecular flexibility index (Phi) is 5.20. The molecule has 26 heavy (non-hydrogen) atoms. The summed E-state index contributed by atoms with van der Waals surface area (Å²) < 4.78 is 37.2. The summed E-state index contributed by atoms with van der Waals surface area (Å²) in [4.78, 5) is 19.9. The highest BCUT2D eigenvalue weighted by atomic mass is 19.1. The summed E-state index contributed by atoms with van der Waals surface area (Å²) in [7, 11) is 2.73. The number of aromatic nitrogens is 1. The molecule has 0 unspecified atom stereocenters. The molecular formula is C18H19F2N3O3. The highest BCUT2D eigenvalue weighted by Gasteiger charge is 2.23. The number of ether oxygens (including phenoxy) is 2. The van der Waals surface area contributed by atoms with Crippen LogP contribution in [0, 0.1) is 11.6 Å². The third-order valence-corrected chi connectivity index (χ3v) is 4.30. The number of methoxy groups -OCH3 is 2. The fraction of sp³-hybridized carbons (Fsp3) is 0.333. The van der Waals surface area contributed by atoms with Crippen LogP contribution in [0.1, 0.15) is 10.4 Å². The van der Waals surface area contributed by atoms with Crippen LogP contribution >= 0.6 is 0 Å². The third-order valence-electron chi connectivity index (χ3n) is 4.30. The maximum absolute atomic E-state index is 13.9. The van der Waals surface area contributed by atoms with E-state index < -0.39 is 17.6 Å². The van der Waals surface area contributed by atoms with Crippen molar-refractivity contribution in [3.63, 3.8) is 0 Å². The van der Waals surface area contributed by atoms with Crippen molar-refractivity contribution in [2.45, 2.75) is 0 Å². The highest BCUT2D eigenvalue weighted by molar-refractivity contribution is 5.92. The molecule has 2 aromatic rings. The topological polar surface area (TPSA) is 54.9 Å². The van der Waals surface area contributed by atoms with Gasteiger partial charge < -0.3 is 19.3 Å². The molecule has 3 rings (SSSR count). The first kappa shape index (κ1) is 17.9. The molecular weight excluding hydrogens is 344 g/mol. The average Bonchev–Trinajstić information content (AvgIpc) is 2.69. The lowest BCUT2D eigenvalue weighted by Gasteiger charge is -2.37. The maximum Gasteiger partial charge on any atom is 0.343 e. The van der Waals surface area contributed by atoms with Gasteiger partial charge in [-0.25, -0.2) is 13.6 Å². The number of esters is 1. The van der Waals surface area contributed by atoms with Crippen LogP contribution in [0.3, 0.4) is 0 Å². The van der Waals surface area contributed by atoms with Crippen LogP contribution in [0.2, 0.25) is 0 Å². The molecule has 1 aliphatic heterocycles. The van der Waals surface area contributed by atoms with Gasteiger partial charge in [-0.15, -0.1) is 0 Å². The van der Waals surface area contributed by atoms with Crippen molar-refractivity contribution in [3.8, 4) is 5.88 Å². The highest BCUT2D eigenvalue weighted by Crippen LogP contribution is 2.25. The van der Waals surface area contributed by atoms with E-state index in [4.69, 9.17) is 9.47 Å². The van der Waals surface area contributed by atoms with Crippen LogP contribution in [0.25, 0.3) is 0 Å². The van der Waals surface area contributed by atoms with E-state index in [1.165, 1.54) is 20.3 Å². The molecule has 1 saturated heterocycles. The van der Waals surface area contributed by atoms with Gasteiger partial charge >= 0.3 is 5.97 Å². The Labute approximate surface area is 149 Å². The third kappa shape index (κ3) is 3.54. The number of carbonyl (C=O) groups excluding carboxylic acids is 1. The smallest absolute Gasteiger partial charge is 0.343 e. The lowest BCUT2D eigenvalue weighted by Crippen LogP contribution is -2.47. The Bertz CT molecular complexity index is 808. The summed E-state index contributed by atoms with van der Waals surface area (Å²) in [5, 5.41) is 0. The molecule has 0 amide bonds. The number of carbonyl (C=O) groups is 1. The molecule has 0 saturated carbocycles. The summed E-state index contributed by atoms with van der Waals surface area (Å²) in [6.07, 6.45) is 0. The number of hydrogen-bond donors (Lipinski definition) is 0. The van der Waals surface area contributed by atoms with Gasteiger partial charge in [-0.2, -0.15) is 4.98 Å². The Morgan fingerprint density at radius 2 is 1.73 bits per heavy atom. The molecule has 0 bridgehead atoms. The van der Waals surface area contributed by atoms with E-state index in [2.05, 4.69) is 4.98 Å². The normalized spacial score (nSPS) is 14.3. The molecule has 0 radical (unpaired) electrons. The van der Waals surface area contributed by atoms with Crippen molar-refractivity contribution < 1.29 is 23.0 Å². The molecule has 8 heteroatoms. The summed E-state index contributed by atoms with van der Waals surface area (Å²) in [6.45, 7) is 2.18. The number of piperazine rings is 1. The fourth-order valence-corrected chi connectivity index (χ4v) is 2.93. The predicted octanol–water partition coefficient (Wildman–Crippen LogP) is 2.48. The first-order chi connectivity index (χ1) is 12.5. The van der Waals surface area contributed by atoms with Gasteiger partial charge in [-0.05, 0) is 24.3 Å². The lowest BCUT2D eigenvalue weighted by atomic mass is 10.2. The fourth-order valence-electron chi connectivity index (χ4n) is 2.93. The minimum Gasteiger partial charge on any atom is -0.480 e. The van der Waals surface area contributed by atoms with Crippen molar-refractivity contribution in [1.82, 2.24) is 4.98 Å². The molecule has 2 heterocycles. The Hall–Kier alpha value is -2.90. The minimum atomic E-state index is -0.521. The number of halogens is 2. The largest absolute Gasteiger partial charge is 0.480 e. The van der Waals surface area contributed by atoms with Crippen molar-refractivity contribution in [2.24, 2.45) is 0 Å². The number of anilines is 2. The monoisotopic (exact) mass is 363 g/mol. The molecule has 138 valence electrons. The lowest BCUT2D eigenvalue weighted by molar-refractivity contribution is 0.0596. The quantitative estimate of drug-likeness (QED) is 0.778. The van der Waals surface area contributed by atoms with Gasteiger partial charge in [0.2, 0.25) is 5.88 Å². The number of nitrogens with zero attached hydrogens (tertiary/aromatic N) is 3. The molecule has 0 spiro atoms. The first-order valence-corrected chi connectivity index (χ1v) is 8.11. The van der Waals surface area contributed by atoms with E-state index in [1.807, 2.05) is 4.90 Å². The summed E-state index contributed by atoms with van der Waals surface area (Å²) in [5.74, 6) is -0.593. The predicted molar refractivity (Wildman–Crippen MR) is 92.9 cm³/mol. The van der Waals surface area contributed by atoms with Crippen LogP contribution in [0.5, 0.6) is 5.88 Å². The van der Waals surface area contributed by atoms with Crippen LogP contribution in [-0.2, 0) is 4.74 Å². The Morgan fingerprint density at radius 1 is 1.04 bits per heavy atom. The average molecular weight is 363 g/mol. The zero-order valence-electron chi connectivity index (χ0n) is 14.5. The van der Waals surface area contributed by atoms with Gasteiger partial charge in [-0.1, -0.05) is 0 Å². The molecule has 0 N–H and O–H groups in total. The van der Waals surface area contributed by atoms with Gasteiger partial charge in [0.25, 0.3) is 0 Å². The van der Waals surface area contributed by atoms with Gasteiger partial charge in [-0.3, -0.25) is 0 Å². The van der Waals surface area contributed by atoms with Crippen molar-refractivity contribution >= 4 is 17.5 Å². The molecule has 0 atom stereocenters. The summed E-state index contributed by atoms with van der Waals surface area (Å²) in [5.41, 5.74) is 0.510. The van der Waals surface area contributed by atoms with E-state index in [1.54, 1.807) is 17.0 Å². The van der Waals surface area contributed by atoms with Crippen molar-refractivity contribution in [1.29, 1.82) is 0 Å². The van der Waals surface area contributed by atoms with Crippen LogP contribution in [-0.4, -0.2) is 51.4 Å².